The van der Waals surface area contributed by atoms with Gasteiger partial charge in [-0.1, -0.05) is 0 Å². The molecule has 0 aromatic rings. The Labute approximate surface area is 79.5 Å². The number of carbonyl (C=O) groups excluding carboxylic acids is 1. The van der Waals surface area contributed by atoms with Crippen LogP contribution in [0, 0.1) is 0 Å². The monoisotopic (exact) mass is 208 g/mol. The molecule has 4 N–H and O–H groups in total. The SMILES string of the molecule is O=C1OCC(C(O)C(O)C(O)CO)O1. The van der Waals surface area contributed by atoms with E-state index in [0.29, 0.717) is 0 Å². The first-order valence-corrected chi connectivity index (χ1v) is 4.04. The van der Waals surface area contributed by atoms with Crippen molar-refractivity contribution < 1.29 is 34.7 Å². The Morgan fingerprint density at radius 3 is 2.50 bits per heavy atom. The summed E-state index contributed by atoms with van der Waals surface area (Å²) in [6.07, 6.45) is -6.49. The molecule has 1 heterocycles. The zero-order valence-electron chi connectivity index (χ0n) is 7.24. The van der Waals surface area contributed by atoms with Crippen molar-refractivity contribution in [1.82, 2.24) is 0 Å². The Balaban J connectivity index is 2.47. The van der Waals surface area contributed by atoms with Gasteiger partial charge in [-0.05, 0) is 0 Å². The van der Waals surface area contributed by atoms with Gasteiger partial charge in [0.2, 0.25) is 0 Å². The van der Waals surface area contributed by atoms with Crippen LogP contribution in [0.5, 0.6) is 0 Å². The molecule has 1 aliphatic rings. The second-order valence-electron chi connectivity index (χ2n) is 2.95. The van der Waals surface area contributed by atoms with Gasteiger partial charge in [0.15, 0.2) is 6.10 Å². The Kier molecular flexibility index (Phi) is 3.64. The summed E-state index contributed by atoms with van der Waals surface area (Å²) in [6.45, 7) is -0.880. The van der Waals surface area contributed by atoms with Crippen LogP contribution in [-0.4, -0.2) is 64.2 Å². The topological polar surface area (TPSA) is 116 Å². The second kappa shape index (κ2) is 4.56. The lowest BCUT2D eigenvalue weighted by Crippen LogP contribution is -2.46. The lowest BCUT2D eigenvalue weighted by molar-refractivity contribution is -0.108. The molecule has 0 saturated carbocycles. The summed E-state index contributed by atoms with van der Waals surface area (Å²) >= 11 is 0. The van der Waals surface area contributed by atoms with Crippen LogP contribution in [0.25, 0.3) is 0 Å². The van der Waals surface area contributed by atoms with Crippen molar-refractivity contribution in [3.63, 3.8) is 0 Å². The third-order valence-electron chi connectivity index (χ3n) is 1.93. The van der Waals surface area contributed by atoms with Gasteiger partial charge in [-0.3, -0.25) is 0 Å². The molecule has 0 bridgehead atoms. The molecule has 1 fully saturated rings. The Morgan fingerprint density at radius 2 is 2.07 bits per heavy atom. The van der Waals surface area contributed by atoms with E-state index in [4.69, 9.17) is 10.2 Å². The van der Waals surface area contributed by atoms with Crippen LogP contribution < -0.4 is 0 Å². The fourth-order valence-electron chi connectivity index (χ4n) is 1.07. The van der Waals surface area contributed by atoms with Gasteiger partial charge < -0.3 is 29.9 Å². The number of hydrogen-bond donors (Lipinski definition) is 4. The molecule has 4 unspecified atom stereocenters. The molecule has 0 aromatic heterocycles. The minimum absolute atomic E-state index is 0.185. The minimum atomic E-state index is -1.58. The maximum absolute atomic E-state index is 10.5. The van der Waals surface area contributed by atoms with Gasteiger partial charge >= 0.3 is 6.16 Å². The molecule has 4 atom stereocenters. The van der Waals surface area contributed by atoms with Gasteiger partial charge in [0, 0.05) is 0 Å². The average Bonchev–Trinajstić information content (AvgIpc) is 2.61. The molecule has 82 valence electrons. The van der Waals surface area contributed by atoms with E-state index < -0.39 is 37.2 Å². The van der Waals surface area contributed by atoms with Crippen LogP contribution in [0.15, 0.2) is 0 Å². The first-order valence-electron chi connectivity index (χ1n) is 4.04. The smallest absolute Gasteiger partial charge is 0.430 e. The predicted octanol–water partition coefficient (Wildman–Crippen LogP) is -2.40. The van der Waals surface area contributed by atoms with E-state index in [2.05, 4.69) is 9.47 Å². The Bertz CT molecular complexity index is 206. The van der Waals surface area contributed by atoms with E-state index in [1.54, 1.807) is 0 Å². The minimum Gasteiger partial charge on any atom is -0.430 e. The maximum Gasteiger partial charge on any atom is 0.508 e. The molecular weight excluding hydrogens is 196 g/mol. The van der Waals surface area contributed by atoms with Crippen molar-refractivity contribution in [2.75, 3.05) is 13.2 Å². The summed E-state index contributed by atoms with van der Waals surface area (Å²) in [5, 5.41) is 36.1. The van der Waals surface area contributed by atoms with Gasteiger partial charge in [-0.15, -0.1) is 0 Å². The molecule has 0 aromatic carbocycles. The van der Waals surface area contributed by atoms with Gasteiger partial charge in [0.25, 0.3) is 0 Å². The fourth-order valence-corrected chi connectivity index (χ4v) is 1.07. The van der Waals surface area contributed by atoms with Crippen LogP contribution >= 0.6 is 0 Å². The van der Waals surface area contributed by atoms with E-state index in [0.717, 1.165) is 0 Å². The first kappa shape index (κ1) is 11.2. The normalized spacial score (nSPS) is 27.7. The highest BCUT2D eigenvalue weighted by atomic mass is 16.8. The number of rotatable bonds is 4. The molecule has 1 rings (SSSR count). The van der Waals surface area contributed by atoms with Crippen LogP contribution in [0.3, 0.4) is 0 Å². The fraction of sp³-hybridized carbons (Fsp3) is 0.857. The molecule has 0 spiro atoms. The van der Waals surface area contributed by atoms with Gasteiger partial charge in [-0.25, -0.2) is 4.79 Å². The molecule has 7 heteroatoms. The third kappa shape index (κ3) is 2.32. The Hall–Kier alpha value is -0.890. The van der Waals surface area contributed by atoms with Crippen LogP contribution in [0.2, 0.25) is 0 Å². The molecule has 0 aliphatic carbocycles. The summed E-state index contributed by atoms with van der Waals surface area (Å²) in [6, 6.07) is 0. The number of ether oxygens (including phenoxy) is 2. The van der Waals surface area contributed by atoms with Crippen molar-refractivity contribution in [2.45, 2.75) is 24.4 Å². The third-order valence-corrected chi connectivity index (χ3v) is 1.93. The first-order chi connectivity index (χ1) is 6.56. The van der Waals surface area contributed by atoms with Crippen molar-refractivity contribution >= 4 is 6.16 Å². The average molecular weight is 208 g/mol. The summed E-state index contributed by atoms with van der Waals surface area (Å²) in [5.41, 5.74) is 0. The Morgan fingerprint density at radius 1 is 1.43 bits per heavy atom. The molecule has 0 radical (unpaired) electrons. The molecular formula is C7H12O7. The lowest BCUT2D eigenvalue weighted by Gasteiger charge is -2.23. The molecule has 14 heavy (non-hydrogen) atoms. The van der Waals surface area contributed by atoms with E-state index >= 15 is 0 Å². The second-order valence-corrected chi connectivity index (χ2v) is 2.95. The van der Waals surface area contributed by atoms with Crippen molar-refractivity contribution in [1.29, 1.82) is 0 Å². The van der Waals surface area contributed by atoms with E-state index in [1.807, 2.05) is 0 Å². The molecule has 1 saturated heterocycles. The van der Waals surface area contributed by atoms with Gasteiger partial charge in [0.05, 0.1) is 6.61 Å². The van der Waals surface area contributed by atoms with E-state index in [9.17, 15) is 15.0 Å². The number of aliphatic hydroxyl groups is 4. The van der Waals surface area contributed by atoms with E-state index in [-0.39, 0.29) is 6.61 Å². The number of carbonyl (C=O) groups is 1. The van der Waals surface area contributed by atoms with Crippen LogP contribution in [-0.2, 0) is 9.47 Å². The standard InChI is InChI=1S/C7H12O7/c8-1-3(9)5(10)6(11)4-2-13-7(12)14-4/h3-6,8-11H,1-2H2. The lowest BCUT2D eigenvalue weighted by atomic mass is 10.0. The van der Waals surface area contributed by atoms with Gasteiger partial charge in [-0.2, -0.15) is 0 Å². The van der Waals surface area contributed by atoms with Crippen LogP contribution in [0.4, 0.5) is 4.79 Å². The summed E-state index contributed by atoms with van der Waals surface area (Å²) in [7, 11) is 0. The van der Waals surface area contributed by atoms with Gasteiger partial charge in [0.1, 0.15) is 24.9 Å². The summed E-state index contributed by atoms with van der Waals surface area (Å²) < 4.78 is 8.85. The number of cyclic esters (lactones) is 2. The molecule has 7 nitrogen and oxygen atoms in total. The molecule has 0 amide bonds. The van der Waals surface area contributed by atoms with Crippen molar-refractivity contribution in [2.24, 2.45) is 0 Å². The van der Waals surface area contributed by atoms with Crippen molar-refractivity contribution in [3.05, 3.63) is 0 Å². The zero-order valence-corrected chi connectivity index (χ0v) is 7.24. The number of aliphatic hydroxyl groups excluding tert-OH is 4. The number of hydrogen-bond acceptors (Lipinski definition) is 7. The summed E-state index contributed by atoms with van der Waals surface area (Å²) in [4.78, 5) is 10.5. The van der Waals surface area contributed by atoms with E-state index in [1.165, 1.54) is 0 Å². The summed E-state index contributed by atoms with van der Waals surface area (Å²) in [5.74, 6) is 0. The van der Waals surface area contributed by atoms with Crippen LogP contribution in [0.1, 0.15) is 0 Å². The largest absolute Gasteiger partial charge is 0.508 e. The zero-order chi connectivity index (χ0) is 10.7. The highest BCUT2D eigenvalue weighted by molar-refractivity contribution is 5.61. The highest BCUT2D eigenvalue weighted by Gasteiger charge is 2.38. The molecule has 1 aliphatic heterocycles. The predicted molar refractivity (Wildman–Crippen MR) is 41.3 cm³/mol. The highest BCUT2D eigenvalue weighted by Crippen LogP contribution is 2.14. The van der Waals surface area contributed by atoms with Crippen molar-refractivity contribution in [3.8, 4) is 0 Å². The maximum atomic E-state index is 10.5. The quantitative estimate of drug-likeness (QED) is 0.380.